The molecule has 0 bridgehead atoms. The predicted octanol–water partition coefficient (Wildman–Crippen LogP) is 2.83. The van der Waals surface area contributed by atoms with Crippen LogP contribution in [-0.2, 0) is 9.53 Å². The van der Waals surface area contributed by atoms with E-state index in [1.165, 1.54) is 12.8 Å². The highest BCUT2D eigenvalue weighted by Gasteiger charge is 2.21. The number of hydrogen-bond acceptors (Lipinski definition) is 2. The number of carbonyl (C=O) groups is 1. The Morgan fingerprint density at radius 2 is 2.38 bits per heavy atom. The molecule has 0 aromatic carbocycles. The number of allylic oxidation sites excluding steroid dienone is 1. The molecule has 0 saturated carbocycles. The summed E-state index contributed by atoms with van der Waals surface area (Å²) in [5.41, 5.74) is 0. The van der Waals surface area contributed by atoms with Gasteiger partial charge < -0.3 is 4.74 Å². The van der Waals surface area contributed by atoms with Crippen molar-refractivity contribution in [1.29, 1.82) is 0 Å². The van der Waals surface area contributed by atoms with Crippen molar-refractivity contribution in [2.75, 3.05) is 0 Å². The summed E-state index contributed by atoms with van der Waals surface area (Å²) >= 11 is 0. The maximum atomic E-state index is 10.7. The second-order valence-corrected chi connectivity index (χ2v) is 3.50. The number of esters is 1. The number of ether oxygens (including phenoxy) is 1. The molecular weight excluding hydrogens is 164 g/mol. The molecule has 1 saturated heterocycles. The monoisotopic (exact) mass is 182 g/mol. The number of unbranched alkanes of at least 4 members (excludes halogenated alkanes) is 2. The zero-order valence-electron chi connectivity index (χ0n) is 8.29. The first-order chi connectivity index (χ1) is 6.33. The molecule has 1 atom stereocenters. The standard InChI is InChI=1S/C11H18O2/c1-2-3-4-5-6-7-10-8-9-11(12)13-10/h5-6,10H,2-4,7-9H2,1H3/b6-5+/t10-/m1/s1. The van der Waals surface area contributed by atoms with Gasteiger partial charge in [-0.3, -0.25) is 4.79 Å². The second kappa shape index (κ2) is 5.79. The summed E-state index contributed by atoms with van der Waals surface area (Å²) < 4.78 is 5.08. The quantitative estimate of drug-likeness (QED) is 0.371. The third-order valence-corrected chi connectivity index (χ3v) is 2.26. The number of cyclic esters (lactones) is 1. The third-order valence-electron chi connectivity index (χ3n) is 2.26. The van der Waals surface area contributed by atoms with Gasteiger partial charge in [0, 0.05) is 12.8 Å². The maximum absolute atomic E-state index is 10.7. The minimum atomic E-state index is -0.0352. The highest BCUT2D eigenvalue weighted by molar-refractivity contribution is 5.71. The average molecular weight is 182 g/mol. The molecule has 1 fully saturated rings. The molecule has 1 heterocycles. The van der Waals surface area contributed by atoms with Crippen LogP contribution in [-0.4, -0.2) is 12.1 Å². The minimum absolute atomic E-state index is 0.0352. The van der Waals surface area contributed by atoms with Crippen LogP contribution in [0, 0.1) is 0 Å². The van der Waals surface area contributed by atoms with Crippen LogP contribution >= 0.6 is 0 Å². The van der Waals surface area contributed by atoms with Crippen LogP contribution in [0.1, 0.15) is 45.4 Å². The highest BCUT2D eigenvalue weighted by atomic mass is 16.5. The molecule has 2 heteroatoms. The molecule has 1 rings (SSSR count). The fraction of sp³-hybridized carbons (Fsp3) is 0.727. The summed E-state index contributed by atoms with van der Waals surface area (Å²) in [7, 11) is 0. The second-order valence-electron chi connectivity index (χ2n) is 3.50. The van der Waals surface area contributed by atoms with E-state index in [1.807, 2.05) is 0 Å². The van der Waals surface area contributed by atoms with Gasteiger partial charge >= 0.3 is 5.97 Å². The highest BCUT2D eigenvalue weighted by Crippen LogP contribution is 2.17. The van der Waals surface area contributed by atoms with E-state index in [2.05, 4.69) is 19.1 Å². The maximum Gasteiger partial charge on any atom is 0.306 e. The summed E-state index contributed by atoms with van der Waals surface area (Å²) in [5.74, 6) is -0.0352. The zero-order valence-corrected chi connectivity index (χ0v) is 8.29. The topological polar surface area (TPSA) is 26.3 Å². The Morgan fingerprint density at radius 1 is 1.54 bits per heavy atom. The molecule has 0 aliphatic carbocycles. The summed E-state index contributed by atoms with van der Waals surface area (Å²) in [6.07, 6.45) is 10.5. The normalized spacial score (nSPS) is 22.5. The van der Waals surface area contributed by atoms with E-state index in [9.17, 15) is 4.79 Å². The fourth-order valence-corrected chi connectivity index (χ4v) is 1.44. The van der Waals surface area contributed by atoms with Gasteiger partial charge in [-0.05, 0) is 12.8 Å². The van der Waals surface area contributed by atoms with E-state index in [1.54, 1.807) is 0 Å². The van der Waals surface area contributed by atoms with Crippen molar-refractivity contribution in [3.63, 3.8) is 0 Å². The van der Waals surface area contributed by atoms with Gasteiger partial charge in [-0.2, -0.15) is 0 Å². The molecule has 0 aromatic rings. The van der Waals surface area contributed by atoms with Crippen LogP contribution in [0.3, 0.4) is 0 Å². The molecule has 0 aromatic heterocycles. The van der Waals surface area contributed by atoms with Gasteiger partial charge in [0.15, 0.2) is 0 Å². The lowest BCUT2D eigenvalue weighted by Gasteiger charge is -2.03. The van der Waals surface area contributed by atoms with Crippen molar-refractivity contribution >= 4 is 5.97 Å². The summed E-state index contributed by atoms with van der Waals surface area (Å²) in [6.45, 7) is 2.19. The Kier molecular flexibility index (Phi) is 4.58. The van der Waals surface area contributed by atoms with Crippen LogP contribution in [0.15, 0.2) is 12.2 Å². The Labute approximate surface area is 80.0 Å². The van der Waals surface area contributed by atoms with Gasteiger partial charge in [0.25, 0.3) is 0 Å². The third kappa shape index (κ3) is 4.11. The number of carbonyl (C=O) groups excluding carboxylic acids is 1. The van der Waals surface area contributed by atoms with Gasteiger partial charge in [-0.15, -0.1) is 0 Å². The average Bonchev–Trinajstić information content (AvgIpc) is 2.51. The van der Waals surface area contributed by atoms with Gasteiger partial charge in [-0.1, -0.05) is 31.9 Å². The Balaban J connectivity index is 2.05. The minimum Gasteiger partial charge on any atom is -0.462 e. The van der Waals surface area contributed by atoms with Gasteiger partial charge in [-0.25, -0.2) is 0 Å². The zero-order chi connectivity index (χ0) is 9.52. The van der Waals surface area contributed by atoms with Crippen LogP contribution in [0.5, 0.6) is 0 Å². The summed E-state index contributed by atoms with van der Waals surface area (Å²) in [5, 5.41) is 0. The molecular formula is C11H18O2. The van der Waals surface area contributed by atoms with Crippen molar-refractivity contribution < 1.29 is 9.53 Å². The SMILES string of the molecule is CCCC/C=C/C[C@@H]1CCC(=O)O1. The summed E-state index contributed by atoms with van der Waals surface area (Å²) in [6, 6.07) is 0. The predicted molar refractivity (Wildman–Crippen MR) is 52.4 cm³/mol. The van der Waals surface area contributed by atoms with Crippen molar-refractivity contribution in [3.8, 4) is 0 Å². The first-order valence-corrected chi connectivity index (χ1v) is 5.17. The molecule has 0 amide bonds. The molecule has 1 aliphatic rings. The van der Waals surface area contributed by atoms with E-state index in [0.717, 1.165) is 19.3 Å². The summed E-state index contributed by atoms with van der Waals surface area (Å²) in [4.78, 5) is 10.7. The van der Waals surface area contributed by atoms with Crippen LogP contribution in [0.2, 0.25) is 0 Å². The molecule has 0 N–H and O–H groups in total. The smallest absolute Gasteiger partial charge is 0.306 e. The number of hydrogen-bond donors (Lipinski definition) is 0. The molecule has 74 valence electrons. The molecule has 2 nitrogen and oxygen atoms in total. The Bertz CT molecular complexity index is 185. The van der Waals surface area contributed by atoms with Crippen molar-refractivity contribution in [2.45, 2.75) is 51.6 Å². The Hall–Kier alpha value is -0.790. The van der Waals surface area contributed by atoms with E-state index >= 15 is 0 Å². The van der Waals surface area contributed by atoms with E-state index in [-0.39, 0.29) is 12.1 Å². The van der Waals surface area contributed by atoms with E-state index in [4.69, 9.17) is 4.74 Å². The molecule has 13 heavy (non-hydrogen) atoms. The van der Waals surface area contributed by atoms with Gasteiger partial charge in [0.2, 0.25) is 0 Å². The Morgan fingerprint density at radius 3 is 3.00 bits per heavy atom. The van der Waals surface area contributed by atoms with Crippen molar-refractivity contribution in [1.82, 2.24) is 0 Å². The van der Waals surface area contributed by atoms with Crippen LogP contribution in [0.25, 0.3) is 0 Å². The van der Waals surface area contributed by atoms with Crippen LogP contribution < -0.4 is 0 Å². The van der Waals surface area contributed by atoms with Gasteiger partial charge in [0.05, 0.1) is 0 Å². The molecule has 0 unspecified atom stereocenters. The van der Waals surface area contributed by atoms with Crippen LogP contribution in [0.4, 0.5) is 0 Å². The largest absolute Gasteiger partial charge is 0.462 e. The van der Waals surface area contributed by atoms with E-state index < -0.39 is 0 Å². The first kappa shape index (κ1) is 10.3. The van der Waals surface area contributed by atoms with Crippen molar-refractivity contribution in [3.05, 3.63) is 12.2 Å². The number of rotatable bonds is 5. The van der Waals surface area contributed by atoms with E-state index in [0.29, 0.717) is 6.42 Å². The fourth-order valence-electron chi connectivity index (χ4n) is 1.44. The van der Waals surface area contributed by atoms with Gasteiger partial charge in [0.1, 0.15) is 6.10 Å². The van der Waals surface area contributed by atoms with Crippen molar-refractivity contribution in [2.24, 2.45) is 0 Å². The molecule has 0 radical (unpaired) electrons. The first-order valence-electron chi connectivity index (χ1n) is 5.17. The lowest BCUT2D eigenvalue weighted by molar-refractivity contribution is -0.141. The lowest BCUT2D eigenvalue weighted by Crippen LogP contribution is -2.04. The lowest BCUT2D eigenvalue weighted by atomic mass is 10.1. The molecule has 0 spiro atoms. The molecule has 1 aliphatic heterocycles.